The molecule has 0 bridgehead atoms. The average Bonchev–Trinajstić information content (AvgIpc) is 3.32. The van der Waals surface area contributed by atoms with Gasteiger partial charge in [0.2, 0.25) is 0 Å². The third-order valence-electron chi connectivity index (χ3n) is 7.71. The summed E-state index contributed by atoms with van der Waals surface area (Å²) in [5, 5.41) is 5.30. The maximum Gasteiger partial charge on any atom is 0.169 e. The lowest BCUT2D eigenvalue weighted by Gasteiger charge is -2.28. The maximum atomic E-state index is 13.4. The fraction of sp³-hybridized carbons (Fsp3) is 0.139. The predicted molar refractivity (Wildman–Crippen MR) is 158 cm³/mol. The Morgan fingerprint density at radius 2 is 1.65 bits per heavy atom. The van der Waals surface area contributed by atoms with Crippen LogP contribution in [0.5, 0.6) is 0 Å². The lowest BCUT2D eigenvalue weighted by Crippen LogP contribution is -2.39. The van der Waals surface area contributed by atoms with Gasteiger partial charge in [0.25, 0.3) is 0 Å². The topological polar surface area (TPSA) is 42.2 Å². The Hall–Kier alpha value is -4.70. The van der Waals surface area contributed by atoms with Crippen LogP contribution in [0.15, 0.2) is 120 Å². The van der Waals surface area contributed by atoms with Crippen molar-refractivity contribution in [3.8, 4) is 11.1 Å². The van der Waals surface area contributed by atoms with E-state index in [0.717, 1.165) is 23.8 Å². The SMILES string of the molecule is C1=CC=CNC=C1.O=C(c1ccc(F)cc1)C1C=c2c(ccc3c2=CCc2ccccc2-3)C(Cc2ccco2)C1. The van der Waals surface area contributed by atoms with Crippen LogP contribution in [0, 0.1) is 11.7 Å². The number of carbonyl (C=O) groups is 1. The molecule has 4 heteroatoms. The average molecular weight is 528 g/mol. The van der Waals surface area contributed by atoms with Crippen molar-refractivity contribution in [2.75, 3.05) is 0 Å². The second-order valence-electron chi connectivity index (χ2n) is 10.2. The molecule has 40 heavy (non-hydrogen) atoms. The number of furan rings is 1. The zero-order chi connectivity index (χ0) is 27.3. The molecule has 1 aromatic heterocycles. The second-order valence-corrected chi connectivity index (χ2v) is 10.2. The van der Waals surface area contributed by atoms with Gasteiger partial charge in [-0.3, -0.25) is 4.79 Å². The van der Waals surface area contributed by atoms with Gasteiger partial charge in [-0.1, -0.05) is 60.7 Å². The molecule has 1 aliphatic heterocycles. The molecule has 2 heterocycles. The number of halogens is 1. The van der Waals surface area contributed by atoms with E-state index in [-0.39, 0.29) is 23.4 Å². The van der Waals surface area contributed by atoms with Gasteiger partial charge in [-0.05, 0) is 100 Å². The highest BCUT2D eigenvalue weighted by molar-refractivity contribution is 6.01. The highest BCUT2D eigenvalue weighted by Crippen LogP contribution is 2.33. The number of nitrogens with one attached hydrogen (secondary N) is 1. The Balaban J connectivity index is 0.000000363. The predicted octanol–water partition coefficient (Wildman–Crippen LogP) is 6.61. The van der Waals surface area contributed by atoms with Crippen LogP contribution in [0.4, 0.5) is 4.39 Å². The monoisotopic (exact) mass is 527 g/mol. The Labute approximate surface area is 233 Å². The van der Waals surface area contributed by atoms with Gasteiger partial charge in [0, 0.05) is 30.3 Å². The molecule has 0 radical (unpaired) electrons. The van der Waals surface area contributed by atoms with Crippen LogP contribution >= 0.6 is 0 Å². The fourth-order valence-electron chi connectivity index (χ4n) is 5.81. The van der Waals surface area contributed by atoms with Gasteiger partial charge < -0.3 is 9.73 Å². The van der Waals surface area contributed by atoms with E-state index in [1.807, 2.05) is 48.8 Å². The van der Waals surface area contributed by atoms with E-state index < -0.39 is 0 Å². The minimum Gasteiger partial charge on any atom is -0.469 e. The molecule has 2 aliphatic carbocycles. The van der Waals surface area contributed by atoms with E-state index in [9.17, 15) is 9.18 Å². The minimum atomic E-state index is -0.331. The molecule has 3 aromatic carbocycles. The summed E-state index contributed by atoms with van der Waals surface area (Å²) >= 11 is 0. The number of fused-ring (bicyclic) bond motifs is 5. The first kappa shape index (κ1) is 25.6. The first-order valence-corrected chi connectivity index (χ1v) is 13.7. The standard InChI is InChI=1S/C30H23FO2.C6H7N/c31-23-10-7-20(8-11-23)30(32)22-16-21(17-24-5-3-15-33-24)26-13-14-27-25-6-2-1-4-19(25)9-12-28(27)29(26)18-22;1-2-4-6-7-5-3-1/h1-8,10-15,18,21-22H,9,16-17H2;1-7H. The number of hydrogen-bond acceptors (Lipinski definition) is 3. The smallest absolute Gasteiger partial charge is 0.169 e. The molecule has 4 aromatic rings. The van der Waals surface area contributed by atoms with Crippen molar-refractivity contribution in [2.24, 2.45) is 5.92 Å². The Bertz CT molecular complexity index is 1710. The summed E-state index contributed by atoms with van der Waals surface area (Å²) in [6, 6.07) is 22.8. The number of carbonyl (C=O) groups excluding carboxylic acids is 1. The largest absolute Gasteiger partial charge is 0.469 e. The van der Waals surface area contributed by atoms with Crippen molar-refractivity contribution < 1.29 is 13.6 Å². The van der Waals surface area contributed by atoms with E-state index in [0.29, 0.717) is 12.0 Å². The van der Waals surface area contributed by atoms with Crippen LogP contribution in [0.2, 0.25) is 0 Å². The number of hydrogen-bond donors (Lipinski definition) is 1. The van der Waals surface area contributed by atoms with Gasteiger partial charge in [0.1, 0.15) is 11.6 Å². The van der Waals surface area contributed by atoms with Gasteiger partial charge >= 0.3 is 0 Å². The fourth-order valence-corrected chi connectivity index (χ4v) is 5.81. The Kier molecular flexibility index (Phi) is 7.41. The van der Waals surface area contributed by atoms with Crippen LogP contribution in [-0.2, 0) is 12.8 Å². The van der Waals surface area contributed by atoms with Crippen LogP contribution < -0.4 is 15.8 Å². The van der Waals surface area contributed by atoms with E-state index in [1.54, 1.807) is 18.4 Å². The lowest BCUT2D eigenvalue weighted by molar-refractivity contribution is 0.0941. The molecule has 2 atom stereocenters. The molecular formula is C36H30FNO2. The van der Waals surface area contributed by atoms with E-state index in [1.165, 1.54) is 39.6 Å². The number of ketones is 1. The van der Waals surface area contributed by atoms with Crippen LogP contribution in [0.1, 0.15) is 39.6 Å². The van der Waals surface area contributed by atoms with Gasteiger partial charge in [0.05, 0.1) is 6.26 Å². The molecule has 0 amide bonds. The normalized spacial score (nSPS) is 17.9. The number of benzene rings is 3. The first-order valence-electron chi connectivity index (χ1n) is 13.7. The molecule has 3 nitrogen and oxygen atoms in total. The van der Waals surface area contributed by atoms with Crippen molar-refractivity contribution in [1.82, 2.24) is 5.32 Å². The van der Waals surface area contributed by atoms with Crippen molar-refractivity contribution >= 4 is 17.9 Å². The summed E-state index contributed by atoms with van der Waals surface area (Å²) in [4.78, 5) is 13.4. The molecular weight excluding hydrogens is 497 g/mol. The summed E-state index contributed by atoms with van der Waals surface area (Å²) < 4.78 is 19.1. The first-order chi connectivity index (χ1) is 19.7. The van der Waals surface area contributed by atoms with Crippen LogP contribution in [0.3, 0.4) is 0 Å². The Morgan fingerprint density at radius 1 is 0.850 bits per heavy atom. The van der Waals surface area contributed by atoms with Crippen LogP contribution in [-0.4, -0.2) is 5.78 Å². The van der Waals surface area contributed by atoms with Crippen molar-refractivity contribution in [3.05, 3.63) is 154 Å². The summed E-state index contributed by atoms with van der Waals surface area (Å²) in [6.07, 6.45) is 20.0. The maximum absolute atomic E-state index is 13.4. The van der Waals surface area contributed by atoms with Crippen LogP contribution in [0.25, 0.3) is 23.3 Å². The van der Waals surface area contributed by atoms with Crippen molar-refractivity contribution in [1.29, 1.82) is 0 Å². The molecule has 0 saturated carbocycles. The molecule has 0 spiro atoms. The zero-order valence-electron chi connectivity index (χ0n) is 22.1. The van der Waals surface area contributed by atoms with E-state index in [4.69, 9.17) is 4.42 Å². The molecule has 0 fully saturated rings. The lowest BCUT2D eigenvalue weighted by atomic mass is 9.75. The van der Waals surface area contributed by atoms with E-state index >= 15 is 0 Å². The summed E-state index contributed by atoms with van der Waals surface area (Å²) in [6.45, 7) is 0. The third kappa shape index (κ3) is 5.39. The third-order valence-corrected chi connectivity index (χ3v) is 7.71. The zero-order valence-corrected chi connectivity index (χ0v) is 22.1. The molecule has 7 rings (SSSR count). The summed E-state index contributed by atoms with van der Waals surface area (Å²) in [7, 11) is 0. The minimum absolute atomic E-state index is 0.0407. The molecule has 198 valence electrons. The van der Waals surface area contributed by atoms with Gasteiger partial charge in [-0.15, -0.1) is 0 Å². The van der Waals surface area contributed by atoms with Crippen molar-refractivity contribution in [3.63, 3.8) is 0 Å². The van der Waals surface area contributed by atoms with Gasteiger partial charge in [0.15, 0.2) is 5.78 Å². The highest BCUT2D eigenvalue weighted by Gasteiger charge is 2.29. The number of Topliss-reactive ketones (excluding diaryl/α,β-unsaturated/α-hetero) is 1. The summed E-state index contributed by atoms with van der Waals surface area (Å²) in [5.74, 6) is 0.538. The Morgan fingerprint density at radius 3 is 2.42 bits per heavy atom. The van der Waals surface area contributed by atoms with Crippen molar-refractivity contribution in [2.45, 2.75) is 25.2 Å². The van der Waals surface area contributed by atoms with E-state index in [2.05, 4.69) is 53.9 Å². The molecule has 0 saturated heterocycles. The van der Waals surface area contributed by atoms with Gasteiger partial charge in [-0.2, -0.15) is 0 Å². The number of allylic oxidation sites excluding steroid dienone is 4. The number of rotatable bonds is 4. The molecule has 3 aliphatic rings. The molecule has 2 unspecified atom stereocenters. The highest BCUT2D eigenvalue weighted by atomic mass is 19.1. The summed E-state index contributed by atoms with van der Waals surface area (Å²) in [5.41, 5.74) is 5.63. The quantitative estimate of drug-likeness (QED) is 0.304. The van der Waals surface area contributed by atoms with Gasteiger partial charge in [-0.25, -0.2) is 4.39 Å². The molecule has 1 N–H and O–H groups in total. The second kappa shape index (κ2) is 11.6.